The molecule has 1 saturated heterocycles. The highest BCUT2D eigenvalue weighted by Gasteiger charge is 2.45. The second-order valence-corrected chi connectivity index (χ2v) is 12.2. The van der Waals surface area contributed by atoms with Gasteiger partial charge in [0.25, 0.3) is 0 Å². The first kappa shape index (κ1) is 20.4. The Labute approximate surface area is 154 Å². The van der Waals surface area contributed by atoms with Gasteiger partial charge in [0.1, 0.15) is 7.28 Å². The summed E-state index contributed by atoms with van der Waals surface area (Å²) in [4.78, 5) is 0. The average Bonchev–Trinajstić information content (AvgIpc) is 2.51. The lowest BCUT2D eigenvalue weighted by molar-refractivity contribution is 0.178. The molecule has 1 heterocycles. The van der Waals surface area contributed by atoms with Crippen LogP contribution in [0.4, 0.5) is 0 Å². The summed E-state index contributed by atoms with van der Waals surface area (Å²) in [6.45, 7) is 20.1. The molecule has 0 aromatic heterocycles. The maximum Gasteiger partial charge on any atom is 0.131 e. The fourth-order valence-corrected chi connectivity index (χ4v) is 6.92. The Bertz CT molecular complexity index is 401. The molecule has 1 aliphatic carbocycles. The van der Waals surface area contributed by atoms with Crippen LogP contribution in [0, 0.1) is 28.6 Å². The smallest absolute Gasteiger partial charge is 0.0668 e. The second kappa shape index (κ2) is 7.36. The van der Waals surface area contributed by atoms with Crippen LogP contribution >= 0.6 is 0 Å². The van der Waals surface area contributed by atoms with Gasteiger partial charge in [0.2, 0.25) is 0 Å². The van der Waals surface area contributed by atoms with E-state index in [1.165, 1.54) is 58.6 Å². The van der Waals surface area contributed by atoms with Crippen LogP contribution in [0.15, 0.2) is 0 Å². The molecule has 0 radical (unpaired) electrons. The third-order valence-corrected chi connectivity index (χ3v) is 7.15. The zero-order chi connectivity index (χ0) is 18.2. The van der Waals surface area contributed by atoms with Gasteiger partial charge >= 0.3 is 0 Å². The summed E-state index contributed by atoms with van der Waals surface area (Å²) >= 11 is 0. The SMILES string of the molecule is CCCCC1CC2CC(BC(C)(C)CC(C)(C)C2)C(C(C)(C)C)C1. The van der Waals surface area contributed by atoms with Crippen molar-refractivity contribution in [3.63, 3.8) is 0 Å². The number of fused-ring (bicyclic) bond motifs is 2. The minimum atomic E-state index is 0.467. The third-order valence-electron chi connectivity index (χ3n) is 7.15. The molecule has 4 atom stereocenters. The van der Waals surface area contributed by atoms with Gasteiger partial charge in [-0.3, -0.25) is 0 Å². The maximum atomic E-state index is 2.55. The van der Waals surface area contributed by atoms with Crippen molar-refractivity contribution >= 4 is 7.28 Å². The first-order valence-corrected chi connectivity index (χ1v) is 10.9. The van der Waals surface area contributed by atoms with Crippen molar-refractivity contribution in [3.8, 4) is 0 Å². The number of hydrogen-bond acceptors (Lipinski definition) is 0. The van der Waals surface area contributed by atoms with E-state index < -0.39 is 0 Å². The molecular formula is C23H45B. The van der Waals surface area contributed by atoms with Crippen molar-refractivity contribution in [1.29, 1.82) is 0 Å². The number of rotatable bonds is 3. The monoisotopic (exact) mass is 332 g/mol. The molecule has 0 N–H and O–H groups in total. The van der Waals surface area contributed by atoms with Crippen molar-refractivity contribution in [2.24, 2.45) is 28.6 Å². The molecular weight excluding hydrogens is 287 g/mol. The molecule has 2 bridgehead atoms. The minimum Gasteiger partial charge on any atom is -0.0668 e. The quantitative estimate of drug-likeness (QED) is 0.469. The normalized spacial score (nSPS) is 36.2. The molecule has 140 valence electrons. The van der Waals surface area contributed by atoms with Crippen LogP contribution in [0.3, 0.4) is 0 Å². The van der Waals surface area contributed by atoms with E-state index in [4.69, 9.17) is 0 Å². The van der Waals surface area contributed by atoms with Crippen molar-refractivity contribution in [2.45, 2.75) is 118 Å². The van der Waals surface area contributed by atoms with Crippen LogP contribution < -0.4 is 0 Å². The highest BCUT2D eigenvalue weighted by molar-refractivity contribution is 6.42. The van der Waals surface area contributed by atoms with Gasteiger partial charge in [-0.25, -0.2) is 0 Å². The van der Waals surface area contributed by atoms with Gasteiger partial charge in [-0.05, 0) is 54.3 Å². The van der Waals surface area contributed by atoms with E-state index in [0.717, 1.165) is 23.6 Å². The first-order chi connectivity index (χ1) is 10.9. The lowest BCUT2D eigenvalue weighted by atomic mass is 9.38. The molecule has 1 aliphatic heterocycles. The lowest BCUT2D eigenvalue weighted by Gasteiger charge is -2.45. The summed E-state index contributed by atoms with van der Waals surface area (Å²) < 4.78 is 0. The van der Waals surface area contributed by atoms with Gasteiger partial charge in [-0.15, -0.1) is 0 Å². The van der Waals surface area contributed by atoms with Crippen LogP contribution in [-0.4, -0.2) is 7.28 Å². The fraction of sp³-hybridized carbons (Fsp3) is 1.00. The Hall–Kier alpha value is 0.0649. The predicted molar refractivity (Wildman–Crippen MR) is 111 cm³/mol. The summed E-state index contributed by atoms with van der Waals surface area (Å²) in [7, 11) is 1.45. The van der Waals surface area contributed by atoms with Crippen LogP contribution in [0.25, 0.3) is 0 Å². The predicted octanol–water partition coefficient (Wildman–Crippen LogP) is 7.50. The maximum absolute atomic E-state index is 2.55. The Kier molecular flexibility index (Phi) is 6.25. The summed E-state index contributed by atoms with van der Waals surface area (Å²) in [5, 5.41) is 0.506. The van der Waals surface area contributed by atoms with E-state index in [2.05, 4.69) is 55.4 Å². The van der Waals surface area contributed by atoms with Crippen LogP contribution in [0.5, 0.6) is 0 Å². The van der Waals surface area contributed by atoms with Crippen molar-refractivity contribution in [1.82, 2.24) is 0 Å². The zero-order valence-corrected chi connectivity index (χ0v) is 18.2. The van der Waals surface area contributed by atoms with Crippen LogP contribution in [0.1, 0.15) is 107 Å². The van der Waals surface area contributed by atoms with E-state index in [0.29, 0.717) is 16.1 Å². The van der Waals surface area contributed by atoms with E-state index in [-0.39, 0.29) is 0 Å². The number of hydrogen-bond donors (Lipinski definition) is 0. The Morgan fingerprint density at radius 1 is 1.00 bits per heavy atom. The zero-order valence-electron chi connectivity index (χ0n) is 18.2. The van der Waals surface area contributed by atoms with Gasteiger partial charge in [0.15, 0.2) is 0 Å². The highest BCUT2D eigenvalue weighted by atomic mass is 14.4. The minimum absolute atomic E-state index is 0.467. The molecule has 0 aromatic rings. The van der Waals surface area contributed by atoms with Gasteiger partial charge in [-0.2, -0.15) is 0 Å². The standard InChI is InChI=1S/C23H45B/c1-9-10-11-17-12-18-14-20(19(13-17)21(2,3)4)24-23(7,8)16-22(5,6)15-18/h17-20,24H,9-16H2,1-8H3. The molecule has 0 nitrogen and oxygen atoms in total. The molecule has 2 aliphatic rings. The topological polar surface area (TPSA) is 0 Å². The number of unbranched alkanes of at least 4 members (excludes halogenated alkanes) is 1. The summed E-state index contributed by atoms with van der Waals surface area (Å²) in [6.07, 6.45) is 11.7. The van der Waals surface area contributed by atoms with Crippen LogP contribution in [0.2, 0.25) is 11.1 Å². The van der Waals surface area contributed by atoms with Gasteiger partial charge in [0, 0.05) is 0 Å². The Morgan fingerprint density at radius 2 is 1.67 bits per heavy atom. The van der Waals surface area contributed by atoms with E-state index in [1.807, 2.05) is 0 Å². The summed E-state index contributed by atoms with van der Waals surface area (Å²) in [5.41, 5.74) is 0.991. The molecule has 4 unspecified atom stereocenters. The molecule has 1 heteroatoms. The average molecular weight is 332 g/mol. The molecule has 1 saturated carbocycles. The highest BCUT2D eigenvalue weighted by Crippen LogP contribution is 2.56. The van der Waals surface area contributed by atoms with E-state index in [9.17, 15) is 0 Å². The van der Waals surface area contributed by atoms with Crippen molar-refractivity contribution in [2.75, 3.05) is 0 Å². The summed E-state index contributed by atoms with van der Waals surface area (Å²) in [5.74, 6) is 3.84. The van der Waals surface area contributed by atoms with Crippen molar-refractivity contribution < 1.29 is 0 Å². The Balaban J connectivity index is 2.29. The fourth-order valence-electron chi connectivity index (χ4n) is 6.92. The van der Waals surface area contributed by atoms with Gasteiger partial charge in [0.05, 0.1) is 0 Å². The lowest BCUT2D eigenvalue weighted by Crippen LogP contribution is -2.36. The largest absolute Gasteiger partial charge is 0.131 e. The summed E-state index contributed by atoms with van der Waals surface area (Å²) in [6, 6.07) is 0. The molecule has 0 aromatic carbocycles. The van der Waals surface area contributed by atoms with Crippen LogP contribution in [-0.2, 0) is 0 Å². The molecule has 24 heavy (non-hydrogen) atoms. The van der Waals surface area contributed by atoms with Crippen molar-refractivity contribution in [3.05, 3.63) is 0 Å². The second-order valence-electron chi connectivity index (χ2n) is 12.2. The first-order valence-electron chi connectivity index (χ1n) is 10.9. The van der Waals surface area contributed by atoms with E-state index in [1.54, 1.807) is 0 Å². The van der Waals surface area contributed by atoms with E-state index >= 15 is 0 Å². The Morgan fingerprint density at radius 3 is 2.25 bits per heavy atom. The molecule has 0 spiro atoms. The molecule has 0 amide bonds. The third kappa shape index (κ3) is 5.53. The van der Waals surface area contributed by atoms with Gasteiger partial charge < -0.3 is 0 Å². The van der Waals surface area contributed by atoms with Gasteiger partial charge in [-0.1, -0.05) is 92.2 Å². The molecule has 2 fully saturated rings. The molecule has 2 rings (SSSR count).